The van der Waals surface area contributed by atoms with Crippen molar-refractivity contribution in [1.82, 2.24) is 5.32 Å². The van der Waals surface area contributed by atoms with Gasteiger partial charge in [-0.05, 0) is 26.4 Å². The number of unbranched alkanes of at least 4 members (excludes halogenated alkanes) is 27. The lowest BCUT2D eigenvalue weighted by molar-refractivity contribution is -0.137. The van der Waals surface area contributed by atoms with Crippen LogP contribution in [0.25, 0.3) is 0 Å². The predicted octanol–water partition coefficient (Wildman–Crippen LogP) is 12.0. The number of carbonyl (C=O) groups is 1. The molecule has 0 saturated carbocycles. The van der Waals surface area contributed by atoms with Gasteiger partial charge in [-0.25, -0.2) is 0 Å². The van der Waals surface area contributed by atoms with Gasteiger partial charge < -0.3 is 10.4 Å². The summed E-state index contributed by atoms with van der Waals surface area (Å²) in [6, 6.07) is 0. The fraction of sp³-hybridized carbons (Fsp3) is 0.971. The standard InChI is InChI=1S/C27H54O2.C8H19N/c1-2-3-4-5-6-7-8-9-10-11-12-13-14-15-16-17-18-19-20-21-22-23-24-25-26-27(28)29;1-3-4-5-6-7-8-9-2/h2-26H2,1H3,(H,28,29);9H,3-8H2,1-2H3. The van der Waals surface area contributed by atoms with E-state index in [1.807, 2.05) is 7.05 Å². The first-order chi connectivity index (χ1) is 18.7. The van der Waals surface area contributed by atoms with Gasteiger partial charge in [0.2, 0.25) is 0 Å². The molecule has 0 aliphatic heterocycles. The van der Waals surface area contributed by atoms with Gasteiger partial charge in [-0.1, -0.05) is 187 Å². The van der Waals surface area contributed by atoms with Gasteiger partial charge in [-0.15, -0.1) is 0 Å². The van der Waals surface area contributed by atoms with E-state index >= 15 is 0 Å². The first-order valence-corrected chi connectivity index (χ1v) is 17.5. The summed E-state index contributed by atoms with van der Waals surface area (Å²) < 4.78 is 0. The van der Waals surface area contributed by atoms with Crippen molar-refractivity contribution in [2.75, 3.05) is 13.6 Å². The summed E-state index contributed by atoms with van der Waals surface area (Å²) in [5.41, 5.74) is 0. The maximum Gasteiger partial charge on any atom is 0.303 e. The number of rotatable bonds is 31. The molecule has 0 aliphatic carbocycles. The molecule has 3 heteroatoms. The van der Waals surface area contributed by atoms with Gasteiger partial charge >= 0.3 is 5.97 Å². The van der Waals surface area contributed by atoms with Crippen molar-refractivity contribution in [2.24, 2.45) is 0 Å². The summed E-state index contributed by atoms with van der Waals surface area (Å²) in [5.74, 6) is -0.649. The number of hydrogen-bond donors (Lipinski definition) is 2. The van der Waals surface area contributed by atoms with Crippen molar-refractivity contribution in [3.63, 3.8) is 0 Å². The molecule has 0 rings (SSSR count). The number of carboxylic acid groups (broad SMARTS) is 1. The smallest absolute Gasteiger partial charge is 0.303 e. The highest BCUT2D eigenvalue weighted by Gasteiger charge is 1.98. The molecule has 0 unspecified atom stereocenters. The third-order valence-electron chi connectivity index (χ3n) is 7.77. The van der Waals surface area contributed by atoms with E-state index in [0.717, 1.165) is 12.8 Å². The van der Waals surface area contributed by atoms with Crippen LogP contribution in [0.15, 0.2) is 0 Å². The van der Waals surface area contributed by atoms with E-state index in [1.165, 1.54) is 180 Å². The molecule has 0 amide bonds. The number of hydrogen-bond acceptors (Lipinski definition) is 2. The van der Waals surface area contributed by atoms with Crippen LogP contribution in [0.2, 0.25) is 0 Å². The Labute approximate surface area is 241 Å². The Bertz CT molecular complexity index is 407. The number of aliphatic carboxylic acids is 1. The van der Waals surface area contributed by atoms with Crippen LogP contribution in [0.3, 0.4) is 0 Å². The summed E-state index contributed by atoms with van der Waals surface area (Å²) in [5, 5.41) is 11.7. The lowest BCUT2D eigenvalue weighted by Gasteiger charge is -2.04. The molecular weight excluding hydrogens is 466 g/mol. The van der Waals surface area contributed by atoms with E-state index < -0.39 is 5.97 Å². The Kier molecular flexibility index (Phi) is 40.2. The third-order valence-corrected chi connectivity index (χ3v) is 7.77. The normalized spacial score (nSPS) is 10.9. The van der Waals surface area contributed by atoms with E-state index in [2.05, 4.69) is 19.2 Å². The van der Waals surface area contributed by atoms with Crippen molar-refractivity contribution in [2.45, 2.75) is 206 Å². The van der Waals surface area contributed by atoms with E-state index in [1.54, 1.807) is 0 Å². The molecule has 0 aromatic heterocycles. The molecule has 0 bridgehead atoms. The lowest BCUT2D eigenvalue weighted by Crippen LogP contribution is -2.06. The highest BCUT2D eigenvalue weighted by atomic mass is 16.4. The van der Waals surface area contributed by atoms with E-state index in [4.69, 9.17) is 5.11 Å². The molecule has 0 aromatic rings. The zero-order valence-corrected chi connectivity index (χ0v) is 26.8. The van der Waals surface area contributed by atoms with Crippen molar-refractivity contribution in [1.29, 1.82) is 0 Å². The van der Waals surface area contributed by atoms with Crippen molar-refractivity contribution < 1.29 is 9.90 Å². The topological polar surface area (TPSA) is 49.3 Å². The van der Waals surface area contributed by atoms with Crippen molar-refractivity contribution in [3.8, 4) is 0 Å². The zero-order valence-electron chi connectivity index (χ0n) is 26.8. The highest BCUT2D eigenvalue weighted by Crippen LogP contribution is 2.15. The van der Waals surface area contributed by atoms with Gasteiger partial charge in [-0.2, -0.15) is 0 Å². The van der Waals surface area contributed by atoms with Crippen molar-refractivity contribution in [3.05, 3.63) is 0 Å². The Morgan fingerprint density at radius 1 is 0.421 bits per heavy atom. The first kappa shape index (κ1) is 39.6. The molecule has 38 heavy (non-hydrogen) atoms. The van der Waals surface area contributed by atoms with Crippen LogP contribution in [-0.2, 0) is 4.79 Å². The number of nitrogens with one attached hydrogen (secondary N) is 1. The molecular formula is C35H73NO2. The van der Waals surface area contributed by atoms with E-state index in [-0.39, 0.29) is 0 Å². The molecule has 3 nitrogen and oxygen atoms in total. The fourth-order valence-corrected chi connectivity index (χ4v) is 5.14. The minimum atomic E-state index is -0.649. The van der Waals surface area contributed by atoms with Gasteiger partial charge in [0.05, 0.1) is 0 Å². The average molecular weight is 540 g/mol. The van der Waals surface area contributed by atoms with Gasteiger partial charge in [-0.3, -0.25) is 4.79 Å². The zero-order chi connectivity index (χ0) is 28.2. The molecule has 0 aliphatic rings. The molecule has 0 radical (unpaired) electrons. The van der Waals surface area contributed by atoms with Crippen LogP contribution in [0.4, 0.5) is 0 Å². The summed E-state index contributed by atoms with van der Waals surface area (Å²) >= 11 is 0. The average Bonchev–Trinajstić information content (AvgIpc) is 2.91. The molecule has 0 heterocycles. The minimum Gasteiger partial charge on any atom is -0.481 e. The first-order valence-electron chi connectivity index (χ1n) is 17.5. The van der Waals surface area contributed by atoms with Crippen LogP contribution >= 0.6 is 0 Å². The lowest BCUT2D eigenvalue weighted by atomic mass is 10.0. The molecule has 0 fully saturated rings. The monoisotopic (exact) mass is 540 g/mol. The molecule has 0 saturated heterocycles. The predicted molar refractivity (Wildman–Crippen MR) is 171 cm³/mol. The molecule has 0 atom stereocenters. The Morgan fingerprint density at radius 3 is 0.895 bits per heavy atom. The Hall–Kier alpha value is -0.570. The Balaban J connectivity index is 0. The van der Waals surface area contributed by atoms with E-state index in [0.29, 0.717) is 6.42 Å². The summed E-state index contributed by atoms with van der Waals surface area (Å²) in [6.45, 7) is 5.72. The maximum absolute atomic E-state index is 10.4. The van der Waals surface area contributed by atoms with Crippen LogP contribution < -0.4 is 5.32 Å². The minimum absolute atomic E-state index is 0.346. The maximum atomic E-state index is 10.4. The summed E-state index contributed by atoms with van der Waals surface area (Å²) in [7, 11) is 2.01. The SMILES string of the molecule is CCCCCCCCCCCCCCCCCCCCCCCCCCC(=O)O.CCCCCCCNC. The highest BCUT2D eigenvalue weighted by molar-refractivity contribution is 5.66. The summed E-state index contributed by atoms with van der Waals surface area (Å²) in [4.78, 5) is 10.4. The second kappa shape index (κ2) is 38.6. The number of carboxylic acids is 1. The van der Waals surface area contributed by atoms with Crippen LogP contribution in [0.1, 0.15) is 206 Å². The molecule has 2 N–H and O–H groups in total. The second-order valence-corrected chi connectivity index (χ2v) is 11.8. The van der Waals surface area contributed by atoms with Crippen LogP contribution in [0, 0.1) is 0 Å². The van der Waals surface area contributed by atoms with Gasteiger partial charge in [0.1, 0.15) is 0 Å². The molecule has 0 spiro atoms. The fourth-order valence-electron chi connectivity index (χ4n) is 5.14. The van der Waals surface area contributed by atoms with Gasteiger partial charge in [0.25, 0.3) is 0 Å². The van der Waals surface area contributed by atoms with Crippen LogP contribution in [0.5, 0.6) is 0 Å². The van der Waals surface area contributed by atoms with Crippen molar-refractivity contribution >= 4 is 5.97 Å². The Morgan fingerprint density at radius 2 is 0.658 bits per heavy atom. The summed E-state index contributed by atoms with van der Waals surface area (Å²) in [6.07, 6.45) is 40.4. The van der Waals surface area contributed by atoms with Gasteiger partial charge in [0.15, 0.2) is 0 Å². The quantitative estimate of drug-likeness (QED) is 0.0861. The van der Waals surface area contributed by atoms with E-state index in [9.17, 15) is 4.79 Å². The largest absolute Gasteiger partial charge is 0.481 e. The second-order valence-electron chi connectivity index (χ2n) is 11.8. The van der Waals surface area contributed by atoms with Gasteiger partial charge in [0, 0.05) is 6.42 Å². The molecule has 230 valence electrons. The molecule has 0 aromatic carbocycles. The third kappa shape index (κ3) is 42.5. The van der Waals surface area contributed by atoms with Crippen LogP contribution in [-0.4, -0.2) is 24.7 Å².